The number of allylic oxidation sites excluding steroid dienone is 1. The van der Waals surface area contributed by atoms with Crippen molar-refractivity contribution in [2.45, 2.75) is 64.0 Å². The van der Waals surface area contributed by atoms with Crippen LogP contribution in [0.15, 0.2) is 28.9 Å². The molecule has 1 saturated heterocycles. The molecule has 3 aliphatic rings. The van der Waals surface area contributed by atoms with Gasteiger partial charge >= 0.3 is 0 Å². The van der Waals surface area contributed by atoms with Gasteiger partial charge in [-0.25, -0.2) is 4.39 Å². The fraction of sp³-hybridized carbons (Fsp3) is 0.538. The van der Waals surface area contributed by atoms with E-state index in [0.29, 0.717) is 31.7 Å². The van der Waals surface area contributed by atoms with Gasteiger partial charge < -0.3 is 16.4 Å². The fourth-order valence-corrected chi connectivity index (χ4v) is 5.70. The minimum atomic E-state index is -1.36. The number of halogens is 1. The number of rotatable bonds is 6. The number of primary amides is 2. The summed E-state index contributed by atoms with van der Waals surface area (Å²) < 4.78 is 14.8. The molecule has 1 saturated carbocycles. The highest BCUT2D eigenvalue weighted by molar-refractivity contribution is 6.07. The largest absolute Gasteiger partial charge is 0.369 e. The zero-order valence-electron chi connectivity index (χ0n) is 20.4. The molecule has 2 unspecified atom stereocenters. The van der Waals surface area contributed by atoms with Crippen LogP contribution in [0.1, 0.15) is 55.7 Å². The number of nitrogens with zero attached hydrogens (tertiary/aromatic N) is 3. The topological polar surface area (TPSA) is 122 Å². The Kier molecular flexibility index (Phi) is 7.07. The summed E-state index contributed by atoms with van der Waals surface area (Å²) in [6.07, 6.45) is 7.09. The molecule has 2 fully saturated rings. The first kappa shape index (κ1) is 25.0. The first-order valence-corrected chi connectivity index (χ1v) is 12.3. The Balaban J connectivity index is 1.54. The van der Waals surface area contributed by atoms with Gasteiger partial charge in [-0.2, -0.15) is 0 Å². The lowest BCUT2D eigenvalue weighted by Gasteiger charge is -2.41. The van der Waals surface area contributed by atoms with Crippen LogP contribution in [-0.4, -0.2) is 59.4 Å². The van der Waals surface area contributed by atoms with Gasteiger partial charge in [-0.15, -0.1) is 0 Å². The molecule has 35 heavy (non-hydrogen) atoms. The second-order valence-corrected chi connectivity index (χ2v) is 10.1. The van der Waals surface area contributed by atoms with E-state index < -0.39 is 23.0 Å². The number of hydrogen-bond donors (Lipinski definition) is 2. The van der Waals surface area contributed by atoms with E-state index in [1.165, 1.54) is 24.4 Å². The molecule has 0 bridgehead atoms. The molecule has 2 atom stereocenters. The maximum Gasteiger partial charge on any atom is 0.266 e. The molecular weight excluding hydrogens is 449 g/mol. The Hall–Kier alpha value is -3.07. The van der Waals surface area contributed by atoms with Gasteiger partial charge in [-0.3, -0.25) is 24.3 Å². The van der Waals surface area contributed by atoms with Gasteiger partial charge in [0.25, 0.3) is 5.91 Å². The Morgan fingerprint density at radius 2 is 1.89 bits per heavy atom. The minimum Gasteiger partial charge on any atom is -0.369 e. The highest BCUT2D eigenvalue weighted by atomic mass is 19.1. The van der Waals surface area contributed by atoms with Crippen LogP contribution in [0.25, 0.3) is 0 Å². The number of aliphatic imine (C=N–C) groups is 1. The molecule has 0 radical (unpaired) electrons. The normalized spacial score (nSPS) is 25.5. The van der Waals surface area contributed by atoms with E-state index in [-0.39, 0.29) is 30.0 Å². The zero-order valence-corrected chi connectivity index (χ0v) is 20.4. The number of carbonyl (C=O) groups excluding carboxylic acids is 3. The average Bonchev–Trinajstić information content (AvgIpc) is 3.36. The molecule has 1 aliphatic carbocycles. The highest BCUT2D eigenvalue weighted by Gasteiger charge is 2.41. The lowest BCUT2D eigenvalue weighted by molar-refractivity contribution is -0.140. The molecule has 9 heteroatoms. The van der Waals surface area contributed by atoms with E-state index in [0.717, 1.165) is 36.8 Å². The van der Waals surface area contributed by atoms with Gasteiger partial charge in [0, 0.05) is 44.4 Å². The first-order chi connectivity index (χ1) is 16.6. The fourth-order valence-electron chi connectivity index (χ4n) is 5.70. The van der Waals surface area contributed by atoms with Crippen LogP contribution in [-0.2, 0) is 26.3 Å². The maximum atomic E-state index is 14.8. The van der Waals surface area contributed by atoms with E-state index in [4.69, 9.17) is 11.5 Å². The molecule has 0 aromatic heterocycles. The summed E-state index contributed by atoms with van der Waals surface area (Å²) in [6, 6.07) is 2.88. The van der Waals surface area contributed by atoms with Gasteiger partial charge in [0.2, 0.25) is 11.8 Å². The monoisotopic (exact) mass is 483 g/mol. The summed E-state index contributed by atoms with van der Waals surface area (Å²) in [7, 11) is 0. The van der Waals surface area contributed by atoms with Crippen LogP contribution in [0.3, 0.4) is 0 Å². The van der Waals surface area contributed by atoms with Gasteiger partial charge in [-0.05, 0) is 61.9 Å². The van der Waals surface area contributed by atoms with Crippen molar-refractivity contribution in [3.8, 4) is 0 Å². The van der Waals surface area contributed by atoms with Crippen molar-refractivity contribution >= 4 is 23.9 Å². The van der Waals surface area contributed by atoms with Crippen molar-refractivity contribution in [2.24, 2.45) is 22.4 Å². The Morgan fingerprint density at radius 3 is 2.46 bits per heavy atom. The Labute approximate surface area is 205 Å². The molecule has 4 rings (SSSR count). The van der Waals surface area contributed by atoms with Crippen molar-refractivity contribution < 1.29 is 18.8 Å². The number of piperazine rings is 1. The lowest BCUT2D eigenvalue weighted by Crippen LogP contribution is -2.54. The summed E-state index contributed by atoms with van der Waals surface area (Å²) in [5.41, 5.74) is 11.7. The van der Waals surface area contributed by atoms with E-state index >= 15 is 0 Å². The molecule has 0 spiro atoms. The molecular formula is C26H34FN5O3. The zero-order chi connectivity index (χ0) is 25.3. The Bertz CT molecular complexity index is 1090. The van der Waals surface area contributed by atoms with Crippen LogP contribution >= 0.6 is 0 Å². The molecule has 3 amide bonds. The average molecular weight is 484 g/mol. The quantitative estimate of drug-likeness (QED) is 0.642. The maximum absolute atomic E-state index is 14.8. The number of hydrogen-bond acceptors (Lipinski definition) is 5. The van der Waals surface area contributed by atoms with Crippen molar-refractivity contribution in [1.82, 2.24) is 9.80 Å². The molecule has 1 aromatic carbocycles. The predicted octanol–water partition coefficient (Wildman–Crippen LogP) is 1.92. The van der Waals surface area contributed by atoms with E-state index in [1.54, 1.807) is 0 Å². The SMILES string of the molecule is Cc1c(CN2CCN(C(=O)C3CCCC3)C(C)C2)cc(F)cc1C1(C(N)=O)C=NC(C(N)=O)=CC1. The van der Waals surface area contributed by atoms with Crippen molar-refractivity contribution in [1.29, 1.82) is 0 Å². The minimum absolute atomic E-state index is 0.0511. The van der Waals surface area contributed by atoms with Gasteiger partial charge in [0.05, 0.1) is 0 Å². The van der Waals surface area contributed by atoms with Crippen LogP contribution in [0.2, 0.25) is 0 Å². The van der Waals surface area contributed by atoms with Crippen molar-refractivity contribution in [3.63, 3.8) is 0 Å². The van der Waals surface area contributed by atoms with Crippen molar-refractivity contribution in [2.75, 3.05) is 19.6 Å². The standard InChI is InChI=1S/C26H34FN5O3/c1-16-13-31(9-10-32(16)24(34)18-5-3-4-6-18)14-19-11-20(27)12-21(17(19)2)26(25(29)35)8-7-22(23(28)33)30-15-26/h7,11-12,15-16,18H,3-6,8-10,13-14H2,1-2H3,(H2,28,33)(H2,29,35). The Morgan fingerprint density at radius 1 is 1.17 bits per heavy atom. The van der Waals surface area contributed by atoms with E-state index in [9.17, 15) is 18.8 Å². The van der Waals surface area contributed by atoms with E-state index in [1.807, 2.05) is 11.8 Å². The molecule has 188 valence electrons. The number of nitrogens with two attached hydrogens (primary N) is 2. The van der Waals surface area contributed by atoms with Crippen LogP contribution in [0.4, 0.5) is 4.39 Å². The molecule has 4 N–H and O–H groups in total. The summed E-state index contributed by atoms with van der Waals surface area (Å²) in [6.45, 7) is 6.43. The molecule has 1 aromatic rings. The van der Waals surface area contributed by atoms with Gasteiger partial charge in [0.1, 0.15) is 16.9 Å². The van der Waals surface area contributed by atoms with E-state index in [2.05, 4.69) is 16.8 Å². The second-order valence-electron chi connectivity index (χ2n) is 10.1. The smallest absolute Gasteiger partial charge is 0.266 e. The summed E-state index contributed by atoms with van der Waals surface area (Å²) in [5, 5.41) is 0. The second kappa shape index (κ2) is 9.89. The van der Waals surface area contributed by atoms with Crippen LogP contribution < -0.4 is 11.5 Å². The third kappa shape index (κ3) is 4.87. The molecule has 2 aliphatic heterocycles. The lowest BCUT2D eigenvalue weighted by atomic mass is 9.74. The van der Waals surface area contributed by atoms with Crippen LogP contribution in [0.5, 0.6) is 0 Å². The van der Waals surface area contributed by atoms with Crippen LogP contribution in [0, 0.1) is 18.7 Å². The summed E-state index contributed by atoms with van der Waals surface area (Å²) in [4.78, 5) is 45.2. The molecule has 8 nitrogen and oxygen atoms in total. The van der Waals surface area contributed by atoms with Crippen molar-refractivity contribution in [3.05, 3.63) is 46.4 Å². The molecule has 2 heterocycles. The summed E-state index contributed by atoms with van der Waals surface area (Å²) in [5.74, 6) is -1.42. The highest BCUT2D eigenvalue weighted by Crippen LogP contribution is 2.35. The predicted molar refractivity (Wildman–Crippen MR) is 131 cm³/mol. The number of carbonyl (C=O) groups is 3. The third-order valence-corrected chi connectivity index (χ3v) is 7.79. The first-order valence-electron chi connectivity index (χ1n) is 12.3. The summed E-state index contributed by atoms with van der Waals surface area (Å²) >= 11 is 0. The number of amides is 3. The number of benzene rings is 1. The van der Waals surface area contributed by atoms with Gasteiger partial charge in [0.15, 0.2) is 0 Å². The van der Waals surface area contributed by atoms with Gasteiger partial charge in [-0.1, -0.05) is 18.9 Å². The third-order valence-electron chi connectivity index (χ3n) is 7.79.